The zero-order valence-corrected chi connectivity index (χ0v) is 11.7. The minimum Gasteiger partial charge on any atom is -0.478 e. The quantitative estimate of drug-likeness (QED) is 0.877. The van der Waals surface area contributed by atoms with E-state index in [1.807, 2.05) is 4.90 Å². The number of anilines is 1. The van der Waals surface area contributed by atoms with Gasteiger partial charge < -0.3 is 10.0 Å². The molecule has 94 valence electrons. The van der Waals surface area contributed by atoms with Crippen LogP contribution in [0, 0.1) is 0 Å². The van der Waals surface area contributed by atoms with Crippen LogP contribution in [-0.4, -0.2) is 29.1 Å². The lowest BCUT2D eigenvalue weighted by Crippen LogP contribution is -2.27. The summed E-state index contributed by atoms with van der Waals surface area (Å²) in [4.78, 5) is 17.5. The maximum absolute atomic E-state index is 11.2. The van der Waals surface area contributed by atoms with Crippen LogP contribution in [0.2, 0.25) is 0 Å². The molecule has 0 amide bonds. The Morgan fingerprint density at radius 1 is 1.41 bits per heavy atom. The van der Waals surface area contributed by atoms with Gasteiger partial charge in [-0.2, -0.15) is 0 Å². The Morgan fingerprint density at radius 2 is 2.00 bits per heavy atom. The molecule has 4 nitrogen and oxygen atoms in total. The van der Waals surface area contributed by atoms with Gasteiger partial charge in [0.15, 0.2) is 0 Å². The molecule has 1 rings (SSSR count). The van der Waals surface area contributed by atoms with Crippen LogP contribution in [0.3, 0.4) is 0 Å². The summed E-state index contributed by atoms with van der Waals surface area (Å²) in [6, 6.07) is 1.60. The van der Waals surface area contributed by atoms with Gasteiger partial charge in [-0.1, -0.05) is 13.8 Å². The number of aromatic nitrogens is 1. The van der Waals surface area contributed by atoms with E-state index in [1.165, 1.54) is 0 Å². The van der Waals surface area contributed by atoms with Crippen molar-refractivity contribution >= 4 is 27.7 Å². The third-order valence-corrected chi connectivity index (χ3v) is 2.78. The molecule has 0 aliphatic carbocycles. The predicted octanol–water partition coefficient (Wildman–Crippen LogP) is 3.17. The summed E-state index contributed by atoms with van der Waals surface area (Å²) in [5.74, 6) is -0.379. The highest BCUT2D eigenvalue weighted by atomic mass is 79.9. The van der Waals surface area contributed by atoms with Crippen molar-refractivity contribution < 1.29 is 9.90 Å². The van der Waals surface area contributed by atoms with E-state index in [9.17, 15) is 9.90 Å². The molecule has 0 radical (unpaired) electrons. The molecule has 1 N–H and O–H groups in total. The van der Waals surface area contributed by atoms with Gasteiger partial charge >= 0.3 is 5.97 Å². The van der Waals surface area contributed by atoms with E-state index < -0.39 is 5.97 Å². The second-order valence-electron chi connectivity index (χ2n) is 3.82. The second-order valence-corrected chi connectivity index (χ2v) is 4.73. The number of hydrogen-bond donors (Lipinski definition) is 1. The first-order valence-electron chi connectivity index (χ1n) is 5.73. The number of halogens is 1. The van der Waals surface area contributed by atoms with Gasteiger partial charge in [0.2, 0.25) is 0 Å². The Morgan fingerprint density at radius 3 is 2.47 bits per heavy atom. The Balaban J connectivity index is 3.12. The van der Waals surface area contributed by atoms with Crippen molar-refractivity contribution in [3.63, 3.8) is 0 Å². The van der Waals surface area contributed by atoms with Crippen molar-refractivity contribution in [2.45, 2.75) is 26.7 Å². The van der Waals surface area contributed by atoms with Gasteiger partial charge in [0.05, 0.1) is 0 Å². The molecule has 0 aliphatic heterocycles. The van der Waals surface area contributed by atoms with Gasteiger partial charge in [0.25, 0.3) is 0 Å². The third-order valence-electron chi connectivity index (χ3n) is 2.35. The molecule has 0 saturated heterocycles. The first kappa shape index (κ1) is 14.0. The van der Waals surface area contributed by atoms with Crippen LogP contribution in [-0.2, 0) is 0 Å². The molecule has 0 aromatic carbocycles. The van der Waals surface area contributed by atoms with E-state index in [4.69, 9.17) is 0 Å². The molecular weight excluding hydrogens is 284 g/mol. The zero-order chi connectivity index (χ0) is 12.8. The number of carboxylic acid groups (broad SMARTS) is 1. The fourth-order valence-electron chi connectivity index (χ4n) is 1.70. The summed E-state index contributed by atoms with van der Waals surface area (Å²) in [7, 11) is 0. The number of rotatable bonds is 6. The van der Waals surface area contributed by atoms with Gasteiger partial charge in [-0.05, 0) is 34.8 Å². The van der Waals surface area contributed by atoms with Crippen LogP contribution >= 0.6 is 15.9 Å². The van der Waals surface area contributed by atoms with Crippen molar-refractivity contribution in [3.8, 4) is 0 Å². The number of carboxylic acids is 1. The zero-order valence-electron chi connectivity index (χ0n) is 10.1. The van der Waals surface area contributed by atoms with Crippen LogP contribution in [0.25, 0.3) is 0 Å². The van der Waals surface area contributed by atoms with Crippen LogP contribution in [0.15, 0.2) is 16.7 Å². The average molecular weight is 301 g/mol. The van der Waals surface area contributed by atoms with Crippen molar-refractivity contribution in [1.29, 1.82) is 0 Å². The van der Waals surface area contributed by atoms with Crippen molar-refractivity contribution in [1.82, 2.24) is 4.98 Å². The molecule has 5 heteroatoms. The average Bonchev–Trinajstić information content (AvgIpc) is 2.28. The molecular formula is C12H17BrN2O2. The van der Waals surface area contributed by atoms with Crippen molar-refractivity contribution in [3.05, 3.63) is 22.3 Å². The maximum atomic E-state index is 11.2. The molecule has 0 unspecified atom stereocenters. The van der Waals surface area contributed by atoms with Gasteiger partial charge in [-0.25, -0.2) is 9.78 Å². The number of pyridine rings is 1. The Labute approximate surface area is 110 Å². The van der Waals surface area contributed by atoms with Gasteiger partial charge in [-0.3, -0.25) is 0 Å². The molecule has 1 aromatic rings. The standard InChI is InChI=1S/C12H17BrN2O2/c1-3-5-15(6-4-2)11-10(12(16)17)7-9(13)8-14-11/h7-8H,3-6H2,1-2H3,(H,16,17). The first-order chi connectivity index (χ1) is 8.10. The van der Waals surface area contributed by atoms with Crippen molar-refractivity contribution in [2.75, 3.05) is 18.0 Å². The summed E-state index contributed by atoms with van der Waals surface area (Å²) < 4.78 is 0.687. The lowest BCUT2D eigenvalue weighted by molar-refractivity contribution is 0.0697. The van der Waals surface area contributed by atoms with Crippen LogP contribution in [0.1, 0.15) is 37.0 Å². The lowest BCUT2D eigenvalue weighted by atomic mass is 10.2. The SMILES string of the molecule is CCCN(CCC)c1ncc(Br)cc1C(=O)O. The predicted molar refractivity (Wildman–Crippen MR) is 71.7 cm³/mol. The number of aromatic carboxylic acids is 1. The lowest BCUT2D eigenvalue weighted by Gasteiger charge is -2.24. The molecule has 0 fully saturated rings. The number of nitrogens with zero attached hydrogens (tertiary/aromatic N) is 2. The summed E-state index contributed by atoms with van der Waals surface area (Å²) in [6.07, 6.45) is 3.58. The molecule has 0 aliphatic rings. The smallest absolute Gasteiger partial charge is 0.339 e. The molecule has 0 bridgehead atoms. The van der Waals surface area contributed by atoms with Gasteiger partial charge in [0.1, 0.15) is 11.4 Å². The van der Waals surface area contributed by atoms with E-state index in [0.717, 1.165) is 25.9 Å². The fraction of sp³-hybridized carbons (Fsp3) is 0.500. The molecule has 0 spiro atoms. The van der Waals surface area contributed by atoms with Crippen LogP contribution < -0.4 is 4.90 Å². The van der Waals surface area contributed by atoms with E-state index >= 15 is 0 Å². The number of carbonyl (C=O) groups is 1. The van der Waals surface area contributed by atoms with Crippen LogP contribution in [0.4, 0.5) is 5.82 Å². The van der Waals surface area contributed by atoms with E-state index in [2.05, 4.69) is 34.8 Å². The minimum atomic E-state index is -0.939. The highest BCUT2D eigenvalue weighted by molar-refractivity contribution is 9.10. The highest BCUT2D eigenvalue weighted by Crippen LogP contribution is 2.22. The normalized spacial score (nSPS) is 10.3. The second kappa shape index (κ2) is 6.59. The summed E-state index contributed by atoms with van der Waals surface area (Å²) in [6.45, 7) is 5.79. The summed E-state index contributed by atoms with van der Waals surface area (Å²) in [5.41, 5.74) is 0.251. The summed E-state index contributed by atoms with van der Waals surface area (Å²) in [5, 5.41) is 9.19. The highest BCUT2D eigenvalue weighted by Gasteiger charge is 2.17. The topological polar surface area (TPSA) is 53.4 Å². The fourth-order valence-corrected chi connectivity index (χ4v) is 2.04. The molecule has 0 saturated carbocycles. The molecule has 1 aromatic heterocycles. The van der Waals surface area contributed by atoms with Crippen LogP contribution in [0.5, 0.6) is 0 Å². The largest absolute Gasteiger partial charge is 0.478 e. The van der Waals surface area contributed by atoms with E-state index in [0.29, 0.717) is 10.3 Å². The van der Waals surface area contributed by atoms with Crippen molar-refractivity contribution in [2.24, 2.45) is 0 Å². The summed E-state index contributed by atoms with van der Waals surface area (Å²) >= 11 is 3.25. The first-order valence-corrected chi connectivity index (χ1v) is 6.53. The van der Waals surface area contributed by atoms with Gasteiger partial charge in [-0.15, -0.1) is 0 Å². The van der Waals surface area contributed by atoms with E-state index in [1.54, 1.807) is 12.3 Å². The van der Waals surface area contributed by atoms with Gasteiger partial charge in [0, 0.05) is 23.8 Å². The maximum Gasteiger partial charge on any atom is 0.339 e. The minimum absolute atomic E-state index is 0.251. The van der Waals surface area contributed by atoms with E-state index in [-0.39, 0.29) is 5.56 Å². The Hall–Kier alpha value is -1.10. The number of hydrogen-bond acceptors (Lipinski definition) is 3. The molecule has 17 heavy (non-hydrogen) atoms. The third kappa shape index (κ3) is 3.70. The molecule has 1 heterocycles. The Bertz CT molecular complexity index is 390. The molecule has 0 atom stereocenters. The monoisotopic (exact) mass is 300 g/mol. The Kier molecular flexibility index (Phi) is 5.41.